The third-order valence-electron chi connectivity index (χ3n) is 6.61. The average molecular weight is 488 g/mol. The van der Waals surface area contributed by atoms with E-state index in [0.717, 1.165) is 63.7 Å². The maximum Gasteiger partial charge on any atom is 0.192 e. The summed E-state index contributed by atoms with van der Waals surface area (Å²) in [7, 11) is -3.32. The Morgan fingerprint density at radius 2 is 1.62 bits per heavy atom. The molecule has 2 aromatic rings. The number of aromatic nitrogens is 2. The first-order chi connectivity index (χ1) is 16.2. The van der Waals surface area contributed by atoms with Crippen LogP contribution >= 0.6 is 0 Å². The first-order valence-electron chi connectivity index (χ1n) is 11.9. The largest absolute Gasteiger partial charge is 0.489 e. The van der Waals surface area contributed by atoms with Crippen LogP contribution in [0.5, 0.6) is 5.75 Å². The monoisotopic (exact) mass is 487 g/mol. The van der Waals surface area contributed by atoms with Crippen LogP contribution in [-0.2, 0) is 14.6 Å². The Balaban J connectivity index is 1.21. The molecule has 0 atom stereocenters. The number of hydrogen-bond acceptors (Lipinski definition) is 8. The Morgan fingerprint density at radius 3 is 2.18 bits per heavy atom. The van der Waals surface area contributed by atoms with Gasteiger partial charge in [0.25, 0.3) is 0 Å². The Hall–Kier alpha value is -2.52. The van der Waals surface area contributed by atoms with Crippen LogP contribution in [0.15, 0.2) is 35.5 Å². The van der Waals surface area contributed by atoms with Gasteiger partial charge in [-0.3, -0.25) is 4.79 Å². The van der Waals surface area contributed by atoms with Crippen molar-refractivity contribution in [2.45, 2.75) is 75.7 Å². The van der Waals surface area contributed by atoms with Crippen LogP contribution in [0.4, 0.5) is 5.82 Å². The fourth-order valence-corrected chi connectivity index (χ4v) is 5.21. The number of hydrogen-bond donors (Lipinski definition) is 0. The van der Waals surface area contributed by atoms with E-state index in [4.69, 9.17) is 9.47 Å². The van der Waals surface area contributed by atoms with Crippen LogP contribution < -0.4 is 9.64 Å². The minimum Gasteiger partial charge on any atom is -0.489 e. The number of ketones is 1. The first-order valence-corrected chi connectivity index (χ1v) is 13.8. The molecule has 9 heteroatoms. The van der Waals surface area contributed by atoms with E-state index in [9.17, 15) is 13.2 Å². The van der Waals surface area contributed by atoms with E-state index in [2.05, 4.69) is 14.9 Å². The van der Waals surface area contributed by atoms with Crippen LogP contribution in [0.3, 0.4) is 0 Å². The number of sulfone groups is 1. The molecule has 0 unspecified atom stereocenters. The Bertz CT molecular complexity index is 1100. The molecule has 1 aliphatic carbocycles. The van der Waals surface area contributed by atoms with Crippen molar-refractivity contribution in [3.8, 4) is 5.75 Å². The lowest BCUT2D eigenvalue weighted by atomic mass is 9.94. The normalized spacial score (nSPS) is 21.9. The number of pyridine rings is 2. The summed E-state index contributed by atoms with van der Waals surface area (Å²) in [4.78, 5) is 22.3. The van der Waals surface area contributed by atoms with Crippen LogP contribution in [0.2, 0.25) is 0 Å². The van der Waals surface area contributed by atoms with Crippen molar-refractivity contribution in [1.82, 2.24) is 9.97 Å². The molecule has 3 heterocycles. The lowest BCUT2D eigenvalue weighted by Crippen LogP contribution is -2.40. The molecule has 4 rings (SSSR count). The summed E-state index contributed by atoms with van der Waals surface area (Å²) in [5, 5.41) is 0.0735. The Labute approximate surface area is 201 Å². The van der Waals surface area contributed by atoms with E-state index in [1.807, 2.05) is 12.1 Å². The van der Waals surface area contributed by atoms with Crippen molar-refractivity contribution in [1.29, 1.82) is 0 Å². The average Bonchev–Trinajstić information content (AvgIpc) is 2.81. The van der Waals surface area contributed by atoms with Crippen molar-refractivity contribution in [2.24, 2.45) is 0 Å². The number of rotatable bonds is 7. The summed E-state index contributed by atoms with van der Waals surface area (Å²) in [6.45, 7) is 5.12. The summed E-state index contributed by atoms with van der Waals surface area (Å²) in [6.07, 6.45) is 9.04. The first kappa shape index (κ1) is 24.6. The fraction of sp³-hybridized carbons (Fsp3) is 0.560. The number of aryl methyl sites for hydroxylation is 1. The molecular weight excluding hydrogens is 454 g/mol. The summed E-state index contributed by atoms with van der Waals surface area (Å²) < 4.78 is 35.9. The van der Waals surface area contributed by atoms with Crippen LogP contribution in [0.1, 0.15) is 61.5 Å². The van der Waals surface area contributed by atoms with Gasteiger partial charge in [0.15, 0.2) is 20.6 Å². The van der Waals surface area contributed by atoms with Gasteiger partial charge in [0, 0.05) is 31.1 Å². The number of nitrogens with zero attached hydrogens (tertiary/aromatic N) is 3. The molecule has 8 nitrogen and oxygen atoms in total. The van der Waals surface area contributed by atoms with Crippen molar-refractivity contribution in [3.63, 3.8) is 0 Å². The van der Waals surface area contributed by atoms with E-state index >= 15 is 0 Å². The van der Waals surface area contributed by atoms with E-state index in [1.54, 1.807) is 26.1 Å². The van der Waals surface area contributed by atoms with Crippen LogP contribution in [-0.4, -0.2) is 61.8 Å². The van der Waals surface area contributed by atoms with Gasteiger partial charge in [0.2, 0.25) is 0 Å². The van der Waals surface area contributed by atoms with Crippen molar-refractivity contribution in [2.75, 3.05) is 24.2 Å². The summed E-state index contributed by atoms with van der Waals surface area (Å²) >= 11 is 0. The number of Topliss-reactive ketones (excluding diaryl/α,β-unsaturated/α-hetero) is 1. The SMILES string of the molecule is CC(=O)c1ccc(N2CCC(OC3CCC(Oc4ccc(S(C)(=O)=O)nc4C)CC3)CC2)nc1. The second kappa shape index (κ2) is 10.4. The zero-order valence-corrected chi connectivity index (χ0v) is 20.9. The van der Waals surface area contributed by atoms with E-state index in [1.165, 1.54) is 6.07 Å². The number of anilines is 1. The topological polar surface area (TPSA) is 98.7 Å². The zero-order chi connectivity index (χ0) is 24.3. The van der Waals surface area contributed by atoms with Crippen LogP contribution in [0, 0.1) is 6.92 Å². The highest BCUT2D eigenvalue weighted by Gasteiger charge is 2.28. The van der Waals surface area contributed by atoms with Crippen LogP contribution in [0.25, 0.3) is 0 Å². The Kier molecular flexibility index (Phi) is 7.52. The van der Waals surface area contributed by atoms with Gasteiger partial charge < -0.3 is 14.4 Å². The molecule has 2 aromatic heterocycles. The van der Waals surface area contributed by atoms with Gasteiger partial charge in [-0.2, -0.15) is 0 Å². The zero-order valence-electron chi connectivity index (χ0n) is 20.1. The van der Waals surface area contributed by atoms with Gasteiger partial charge in [-0.1, -0.05) is 0 Å². The molecule has 0 N–H and O–H groups in total. The van der Waals surface area contributed by atoms with Crippen molar-refractivity contribution >= 4 is 21.4 Å². The molecule has 0 spiro atoms. The van der Waals surface area contributed by atoms with Gasteiger partial charge in [0.1, 0.15) is 11.6 Å². The molecule has 0 radical (unpaired) electrons. The highest BCUT2D eigenvalue weighted by Crippen LogP contribution is 2.30. The van der Waals surface area contributed by atoms with Crippen molar-refractivity contribution in [3.05, 3.63) is 41.7 Å². The molecule has 1 aliphatic heterocycles. The molecule has 1 saturated heterocycles. The number of ether oxygens (including phenoxy) is 2. The smallest absolute Gasteiger partial charge is 0.192 e. The highest BCUT2D eigenvalue weighted by atomic mass is 32.2. The van der Waals surface area contributed by atoms with Gasteiger partial charge in [0.05, 0.1) is 24.0 Å². The molecule has 2 fully saturated rings. The fourth-order valence-electron chi connectivity index (χ4n) is 4.60. The van der Waals surface area contributed by atoms with Gasteiger partial charge >= 0.3 is 0 Å². The molecule has 1 saturated carbocycles. The van der Waals surface area contributed by atoms with Gasteiger partial charge in [-0.25, -0.2) is 18.4 Å². The molecule has 184 valence electrons. The molecule has 34 heavy (non-hydrogen) atoms. The van der Waals surface area contributed by atoms with E-state index < -0.39 is 9.84 Å². The number of carbonyl (C=O) groups is 1. The van der Waals surface area contributed by atoms with Gasteiger partial charge in [-0.05, 0) is 76.6 Å². The second-order valence-electron chi connectivity index (χ2n) is 9.31. The second-order valence-corrected chi connectivity index (χ2v) is 11.3. The lowest BCUT2D eigenvalue weighted by molar-refractivity contribution is -0.0528. The van der Waals surface area contributed by atoms with Crippen molar-refractivity contribution < 1.29 is 22.7 Å². The molecule has 0 bridgehead atoms. The van der Waals surface area contributed by atoms with E-state index in [-0.39, 0.29) is 29.1 Å². The predicted octanol–water partition coefficient (Wildman–Crippen LogP) is 3.77. The molecule has 0 aromatic carbocycles. The minimum atomic E-state index is -3.32. The summed E-state index contributed by atoms with van der Waals surface area (Å²) in [5.41, 5.74) is 1.23. The quantitative estimate of drug-likeness (QED) is 0.545. The lowest BCUT2D eigenvalue weighted by Gasteiger charge is -2.36. The molecular formula is C25H33N3O5S. The number of piperidine rings is 1. The maximum atomic E-state index is 11.7. The third kappa shape index (κ3) is 6.13. The molecule has 0 amide bonds. The van der Waals surface area contributed by atoms with Gasteiger partial charge in [-0.15, -0.1) is 0 Å². The number of carbonyl (C=O) groups excluding carboxylic acids is 1. The third-order valence-corrected chi connectivity index (χ3v) is 7.60. The predicted molar refractivity (Wildman–Crippen MR) is 129 cm³/mol. The summed E-state index contributed by atoms with van der Waals surface area (Å²) in [6, 6.07) is 6.97. The summed E-state index contributed by atoms with van der Waals surface area (Å²) in [5.74, 6) is 1.59. The van der Waals surface area contributed by atoms with E-state index in [0.29, 0.717) is 17.0 Å². The highest BCUT2D eigenvalue weighted by molar-refractivity contribution is 7.90. The molecule has 2 aliphatic rings. The Morgan fingerprint density at radius 1 is 0.971 bits per heavy atom. The standard InChI is InChI=1S/C25H33N3O5S/c1-17-23(9-11-25(27-17)34(3,30)31)33-21-7-5-20(6-8-21)32-22-12-14-28(15-13-22)24-10-4-19(16-26-24)18(2)29/h4,9-11,16,20-22H,5-8,12-15H2,1-3H3. The minimum absolute atomic E-state index is 0.0305. The maximum absolute atomic E-state index is 11.7.